The largest absolute Gasteiger partial charge is 0.484 e. The van der Waals surface area contributed by atoms with Crippen LogP contribution in [0.25, 0.3) is 11.3 Å². The van der Waals surface area contributed by atoms with Crippen molar-refractivity contribution in [2.75, 3.05) is 11.9 Å². The Morgan fingerprint density at radius 1 is 1.11 bits per heavy atom. The number of nitrogens with one attached hydrogen (secondary N) is 1. The summed E-state index contributed by atoms with van der Waals surface area (Å²) >= 11 is 1.38. The molecule has 144 valence electrons. The molecule has 0 atom stereocenters. The number of carbonyl (C=O) groups excluding carboxylic acids is 2. The lowest BCUT2D eigenvalue weighted by molar-refractivity contribution is -0.118. The highest BCUT2D eigenvalue weighted by Crippen LogP contribution is 2.31. The average molecular weight is 394 g/mol. The molecule has 0 saturated carbocycles. The van der Waals surface area contributed by atoms with Crippen molar-refractivity contribution in [3.63, 3.8) is 0 Å². The number of amides is 1. The zero-order chi connectivity index (χ0) is 20.3. The fourth-order valence-electron chi connectivity index (χ4n) is 3.14. The van der Waals surface area contributed by atoms with Crippen molar-refractivity contribution in [3.8, 4) is 17.0 Å². The molecule has 0 spiro atoms. The second kappa shape index (κ2) is 8.35. The highest BCUT2D eigenvalue weighted by Gasteiger charge is 2.13. The molecule has 3 rings (SSSR count). The summed E-state index contributed by atoms with van der Waals surface area (Å²) in [4.78, 5) is 28.2. The van der Waals surface area contributed by atoms with Crippen molar-refractivity contribution in [2.24, 2.45) is 0 Å². The third-order valence-electron chi connectivity index (χ3n) is 4.29. The van der Waals surface area contributed by atoms with Crippen LogP contribution in [-0.2, 0) is 4.79 Å². The van der Waals surface area contributed by atoms with Crippen molar-refractivity contribution in [1.82, 2.24) is 4.98 Å². The molecule has 0 bridgehead atoms. The number of Topliss-reactive ketones (excluding diaryl/α,β-unsaturated/α-hetero) is 1. The molecule has 28 heavy (non-hydrogen) atoms. The Kier molecular flexibility index (Phi) is 5.90. The molecule has 2 aromatic carbocycles. The maximum Gasteiger partial charge on any atom is 0.264 e. The van der Waals surface area contributed by atoms with Gasteiger partial charge >= 0.3 is 0 Å². The fraction of sp³-hybridized carbons (Fsp3) is 0.227. The predicted molar refractivity (Wildman–Crippen MR) is 112 cm³/mol. The molecule has 1 amide bonds. The van der Waals surface area contributed by atoms with Crippen LogP contribution in [-0.4, -0.2) is 23.3 Å². The van der Waals surface area contributed by atoms with Crippen LogP contribution in [0.1, 0.15) is 34.0 Å². The first kappa shape index (κ1) is 19.8. The van der Waals surface area contributed by atoms with Crippen LogP contribution in [0.4, 0.5) is 5.13 Å². The third kappa shape index (κ3) is 4.64. The minimum atomic E-state index is -0.300. The lowest BCUT2D eigenvalue weighted by Crippen LogP contribution is -2.20. The molecule has 0 unspecified atom stereocenters. The van der Waals surface area contributed by atoms with E-state index >= 15 is 0 Å². The lowest BCUT2D eigenvalue weighted by atomic mass is 9.98. The SMILES string of the molecule is CC(=O)c1cccc(OCC(=O)Nc2nc(-c3c(C)cc(C)cc3C)cs2)c1. The number of benzene rings is 2. The Balaban J connectivity index is 1.65. The highest BCUT2D eigenvalue weighted by atomic mass is 32.1. The third-order valence-corrected chi connectivity index (χ3v) is 5.05. The van der Waals surface area contributed by atoms with Crippen LogP contribution >= 0.6 is 11.3 Å². The predicted octanol–water partition coefficient (Wildman–Crippen LogP) is 4.96. The molecule has 1 aromatic heterocycles. The number of ketones is 1. The van der Waals surface area contributed by atoms with Gasteiger partial charge in [-0.3, -0.25) is 14.9 Å². The van der Waals surface area contributed by atoms with E-state index in [9.17, 15) is 9.59 Å². The highest BCUT2D eigenvalue weighted by molar-refractivity contribution is 7.14. The van der Waals surface area contributed by atoms with E-state index in [2.05, 4.69) is 43.2 Å². The summed E-state index contributed by atoms with van der Waals surface area (Å²) in [6.07, 6.45) is 0. The molecule has 0 fully saturated rings. The van der Waals surface area contributed by atoms with Crippen LogP contribution in [0, 0.1) is 20.8 Å². The Hall–Kier alpha value is -2.99. The summed E-state index contributed by atoms with van der Waals surface area (Å²) in [7, 11) is 0. The molecular formula is C22H22N2O3S. The van der Waals surface area contributed by atoms with Crippen molar-refractivity contribution in [3.05, 3.63) is 64.0 Å². The molecule has 6 heteroatoms. The van der Waals surface area contributed by atoms with Crippen LogP contribution in [0.3, 0.4) is 0 Å². The molecule has 3 aromatic rings. The van der Waals surface area contributed by atoms with Crippen molar-refractivity contribution >= 4 is 28.2 Å². The van der Waals surface area contributed by atoms with Crippen molar-refractivity contribution in [1.29, 1.82) is 0 Å². The zero-order valence-corrected chi connectivity index (χ0v) is 17.1. The maximum atomic E-state index is 12.2. The molecule has 0 aliphatic heterocycles. The summed E-state index contributed by atoms with van der Waals surface area (Å²) in [5.41, 5.74) is 6.04. The minimum absolute atomic E-state index is 0.0492. The lowest BCUT2D eigenvalue weighted by Gasteiger charge is -2.09. The first-order valence-corrected chi connectivity index (χ1v) is 9.79. The fourth-order valence-corrected chi connectivity index (χ4v) is 3.86. The van der Waals surface area contributed by atoms with E-state index in [4.69, 9.17) is 4.74 Å². The molecule has 1 N–H and O–H groups in total. The molecular weight excluding hydrogens is 372 g/mol. The van der Waals surface area contributed by atoms with Gasteiger partial charge in [0.2, 0.25) is 0 Å². The quantitative estimate of drug-likeness (QED) is 0.600. The van der Waals surface area contributed by atoms with Crippen LogP contribution in [0.5, 0.6) is 5.75 Å². The number of hydrogen-bond donors (Lipinski definition) is 1. The van der Waals surface area contributed by atoms with Gasteiger partial charge in [0.25, 0.3) is 5.91 Å². The molecule has 0 radical (unpaired) electrons. The van der Waals surface area contributed by atoms with Crippen molar-refractivity contribution in [2.45, 2.75) is 27.7 Å². The summed E-state index contributed by atoms with van der Waals surface area (Å²) in [5.74, 6) is 0.131. The van der Waals surface area contributed by atoms with E-state index in [1.165, 1.54) is 23.8 Å². The van der Waals surface area contributed by atoms with Gasteiger partial charge in [-0.1, -0.05) is 29.8 Å². The van der Waals surface area contributed by atoms with Gasteiger partial charge < -0.3 is 4.74 Å². The number of nitrogens with zero attached hydrogens (tertiary/aromatic N) is 1. The number of rotatable bonds is 6. The summed E-state index contributed by atoms with van der Waals surface area (Å²) in [5, 5.41) is 5.24. The Bertz CT molecular complexity index is 1020. The summed E-state index contributed by atoms with van der Waals surface area (Å²) in [6.45, 7) is 7.54. The maximum absolute atomic E-state index is 12.2. The van der Waals surface area contributed by atoms with E-state index in [1.54, 1.807) is 24.3 Å². The number of aryl methyl sites for hydroxylation is 3. The van der Waals surface area contributed by atoms with Crippen molar-refractivity contribution < 1.29 is 14.3 Å². The Morgan fingerprint density at radius 3 is 2.50 bits per heavy atom. The number of hydrogen-bond acceptors (Lipinski definition) is 5. The minimum Gasteiger partial charge on any atom is -0.484 e. The molecule has 0 aliphatic carbocycles. The monoisotopic (exact) mass is 394 g/mol. The average Bonchev–Trinajstić information content (AvgIpc) is 3.07. The van der Waals surface area contributed by atoms with Gasteiger partial charge in [0.05, 0.1) is 5.69 Å². The number of ether oxygens (including phenoxy) is 1. The first-order valence-electron chi connectivity index (χ1n) is 8.91. The molecule has 0 aliphatic rings. The molecule has 1 heterocycles. The van der Waals surface area contributed by atoms with E-state index in [0.29, 0.717) is 16.4 Å². The van der Waals surface area contributed by atoms with Gasteiger partial charge in [0, 0.05) is 16.5 Å². The smallest absolute Gasteiger partial charge is 0.264 e. The van der Waals surface area contributed by atoms with Gasteiger partial charge in [0.1, 0.15) is 5.75 Å². The second-order valence-electron chi connectivity index (χ2n) is 6.73. The first-order chi connectivity index (χ1) is 13.3. The molecule has 0 saturated heterocycles. The summed E-state index contributed by atoms with van der Waals surface area (Å²) < 4.78 is 5.49. The van der Waals surface area contributed by atoms with E-state index in [1.807, 2.05) is 5.38 Å². The van der Waals surface area contributed by atoms with Gasteiger partial charge in [0.15, 0.2) is 17.5 Å². The number of thiazole rings is 1. The second-order valence-corrected chi connectivity index (χ2v) is 7.59. The van der Waals surface area contributed by atoms with Gasteiger partial charge in [-0.05, 0) is 51.0 Å². The number of anilines is 1. The Morgan fingerprint density at radius 2 is 1.82 bits per heavy atom. The van der Waals surface area contributed by atoms with Crippen LogP contribution in [0.15, 0.2) is 41.8 Å². The number of aromatic nitrogens is 1. The van der Waals surface area contributed by atoms with Gasteiger partial charge in [-0.25, -0.2) is 4.98 Å². The molecule has 5 nitrogen and oxygen atoms in total. The topological polar surface area (TPSA) is 68.3 Å². The van der Waals surface area contributed by atoms with E-state index < -0.39 is 0 Å². The van der Waals surface area contributed by atoms with E-state index in [0.717, 1.165) is 22.4 Å². The Labute approximate surface area is 168 Å². The standard InChI is InChI=1S/C22H22N2O3S/c1-13-8-14(2)21(15(3)9-13)19-12-28-22(23-19)24-20(26)11-27-18-7-5-6-17(10-18)16(4)25/h5-10,12H,11H2,1-4H3,(H,23,24,26). The zero-order valence-electron chi connectivity index (χ0n) is 16.3. The van der Waals surface area contributed by atoms with Crippen LogP contribution < -0.4 is 10.1 Å². The van der Waals surface area contributed by atoms with Gasteiger partial charge in [-0.15, -0.1) is 11.3 Å². The van der Waals surface area contributed by atoms with E-state index in [-0.39, 0.29) is 18.3 Å². The van der Waals surface area contributed by atoms with Gasteiger partial charge in [-0.2, -0.15) is 0 Å². The van der Waals surface area contributed by atoms with Crippen LogP contribution in [0.2, 0.25) is 0 Å². The normalized spacial score (nSPS) is 10.6. The number of carbonyl (C=O) groups is 2. The summed E-state index contributed by atoms with van der Waals surface area (Å²) in [6, 6.07) is 11.0.